The van der Waals surface area contributed by atoms with Crippen LogP contribution in [0.25, 0.3) is 11.5 Å². The van der Waals surface area contributed by atoms with Gasteiger partial charge in [0.05, 0.1) is 30.1 Å². The highest BCUT2D eigenvalue weighted by atomic mass is 16.5. The molecule has 0 bridgehead atoms. The summed E-state index contributed by atoms with van der Waals surface area (Å²) in [7, 11) is 0. The van der Waals surface area contributed by atoms with E-state index >= 15 is 0 Å². The number of carbonyl (C=O) groups is 1. The van der Waals surface area contributed by atoms with E-state index in [1.165, 1.54) is 6.39 Å². The third-order valence-electron chi connectivity index (χ3n) is 5.21. The maximum Gasteiger partial charge on any atom is 0.249 e. The Balaban J connectivity index is 1.44. The lowest BCUT2D eigenvalue weighted by atomic mass is 9.86. The zero-order chi connectivity index (χ0) is 21.6. The van der Waals surface area contributed by atoms with Crippen molar-refractivity contribution < 1.29 is 19.1 Å². The van der Waals surface area contributed by atoms with Gasteiger partial charge in [0, 0.05) is 18.0 Å². The number of ether oxygens (including phenoxy) is 1. The molecule has 0 spiro atoms. The summed E-state index contributed by atoms with van der Waals surface area (Å²) in [5.74, 6) is 0.311. The molecule has 8 heteroatoms. The molecule has 1 aliphatic rings. The number of para-hydroxylation sites is 1. The SMILES string of the molecule is CC(C)(C)NCC(O)COC1CCC(C(=O)Nc2ccccc2-c2nnco2)CC1. The molecule has 164 valence electrons. The number of β-amino-alcohol motifs (C(OH)–C–C–N with tert-alkyl or cyclic N) is 1. The van der Waals surface area contributed by atoms with Crippen LogP contribution in [0.1, 0.15) is 46.5 Å². The molecule has 8 nitrogen and oxygen atoms in total. The quantitative estimate of drug-likeness (QED) is 0.607. The summed E-state index contributed by atoms with van der Waals surface area (Å²) in [6, 6.07) is 7.40. The summed E-state index contributed by atoms with van der Waals surface area (Å²) in [6.45, 7) is 7.00. The molecule has 1 fully saturated rings. The zero-order valence-corrected chi connectivity index (χ0v) is 17.9. The van der Waals surface area contributed by atoms with Gasteiger partial charge in [-0.2, -0.15) is 0 Å². The van der Waals surface area contributed by atoms with Gasteiger partial charge in [0.2, 0.25) is 18.2 Å². The summed E-state index contributed by atoms with van der Waals surface area (Å²) in [6.07, 6.45) is 3.96. The Bertz CT molecular complexity index is 796. The topological polar surface area (TPSA) is 110 Å². The minimum atomic E-state index is -0.536. The number of hydrogen-bond donors (Lipinski definition) is 3. The molecule has 1 aromatic carbocycles. The summed E-state index contributed by atoms with van der Waals surface area (Å²) >= 11 is 0. The van der Waals surface area contributed by atoms with Gasteiger partial charge in [-0.1, -0.05) is 12.1 Å². The van der Waals surface area contributed by atoms with Crippen LogP contribution in [0.15, 0.2) is 35.1 Å². The van der Waals surface area contributed by atoms with Crippen molar-refractivity contribution in [3.05, 3.63) is 30.7 Å². The maximum absolute atomic E-state index is 12.8. The average Bonchev–Trinajstić information content (AvgIpc) is 3.25. The number of benzene rings is 1. The summed E-state index contributed by atoms with van der Waals surface area (Å²) in [5.41, 5.74) is 1.34. The van der Waals surface area contributed by atoms with E-state index < -0.39 is 6.10 Å². The van der Waals surface area contributed by atoms with Gasteiger partial charge in [-0.25, -0.2) is 0 Å². The lowest BCUT2D eigenvalue weighted by molar-refractivity contribution is -0.122. The summed E-state index contributed by atoms with van der Waals surface area (Å²) < 4.78 is 11.1. The molecule has 1 saturated carbocycles. The Morgan fingerprint density at radius 3 is 2.67 bits per heavy atom. The highest BCUT2D eigenvalue weighted by Crippen LogP contribution is 2.30. The largest absolute Gasteiger partial charge is 0.423 e. The van der Waals surface area contributed by atoms with Crippen LogP contribution in [-0.2, 0) is 9.53 Å². The van der Waals surface area contributed by atoms with Crippen molar-refractivity contribution in [2.45, 2.75) is 64.2 Å². The average molecular weight is 417 g/mol. The Hall–Kier alpha value is -2.29. The number of aliphatic hydroxyl groups excluding tert-OH is 1. The number of carbonyl (C=O) groups excluding carboxylic acids is 1. The van der Waals surface area contributed by atoms with Crippen molar-refractivity contribution in [3.63, 3.8) is 0 Å². The molecule has 1 heterocycles. The predicted molar refractivity (Wildman–Crippen MR) is 114 cm³/mol. The number of amides is 1. The summed E-state index contributed by atoms with van der Waals surface area (Å²) in [5, 5.41) is 24.0. The summed E-state index contributed by atoms with van der Waals surface area (Å²) in [4.78, 5) is 12.8. The third-order valence-corrected chi connectivity index (χ3v) is 5.21. The highest BCUT2D eigenvalue weighted by Gasteiger charge is 2.28. The Morgan fingerprint density at radius 2 is 2.00 bits per heavy atom. The van der Waals surface area contributed by atoms with Crippen molar-refractivity contribution in [1.29, 1.82) is 0 Å². The highest BCUT2D eigenvalue weighted by molar-refractivity contribution is 5.96. The van der Waals surface area contributed by atoms with Crippen LogP contribution < -0.4 is 10.6 Å². The molecule has 1 amide bonds. The monoisotopic (exact) mass is 416 g/mol. The molecular formula is C22H32N4O4. The van der Waals surface area contributed by atoms with E-state index in [1.54, 1.807) is 0 Å². The van der Waals surface area contributed by atoms with E-state index in [2.05, 4.69) is 41.6 Å². The van der Waals surface area contributed by atoms with Crippen LogP contribution in [0.5, 0.6) is 0 Å². The number of aromatic nitrogens is 2. The van der Waals surface area contributed by atoms with E-state index in [-0.39, 0.29) is 23.5 Å². The van der Waals surface area contributed by atoms with Crippen LogP contribution in [0.3, 0.4) is 0 Å². The fourth-order valence-electron chi connectivity index (χ4n) is 3.53. The second kappa shape index (κ2) is 10.1. The first kappa shape index (κ1) is 22.4. The van der Waals surface area contributed by atoms with Gasteiger partial charge >= 0.3 is 0 Å². The minimum Gasteiger partial charge on any atom is -0.423 e. The first-order valence-corrected chi connectivity index (χ1v) is 10.5. The molecule has 1 aromatic heterocycles. The zero-order valence-electron chi connectivity index (χ0n) is 17.9. The Labute approximate surface area is 177 Å². The number of nitrogens with one attached hydrogen (secondary N) is 2. The molecule has 1 aliphatic carbocycles. The first-order chi connectivity index (χ1) is 14.3. The van der Waals surface area contributed by atoms with E-state index in [0.29, 0.717) is 30.3 Å². The van der Waals surface area contributed by atoms with E-state index in [4.69, 9.17) is 9.15 Å². The van der Waals surface area contributed by atoms with Gasteiger partial charge < -0.3 is 24.9 Å². The van der Waals surface area contributed by atoms with E-state index in [9.17, 15) is 9.90 Å². The van der Waals surface area contributed by atoms with Crippen LogP contribution in [0.4, 0.5) is 5.69 Å². The fourth-order valence-corrected chi connectivity index (χ4v) is 3.53. The Morgan fingerprint density at radius 1 is 1.27 bits per heavy atom. The molecule has 1 atom stereocenters. The number of aliphatic hydroxyl groups is 1. The molecule has 3 N–H and O–H groups in total. The molecule has 1 unspecified atom stereocenters. The van der Waals surface area contributed by atoms with Gasteiger partial charge in [-0.15, -0.1) is 10.2 Å². The number of nitrogens with zero attached hydrogens (tertiary/aromatic N) is 2. The minimum absolute atomic E-state index is 0.00479. The smallest absolute Gasteiger partial charge is 0.249 e. The molecule has 0 radical (unpaired) electrons. The molecule has 30 heavy (non-hydrogen) atoms. The van der Waals surface area contributed by atoms with Crippen LogP contribution in [-0.4, -0.2) is 52.1 Å². The van der Waals surface area contributed by atoms with Crippen molar-refractivity contribution in [2.24, 2.45) is 5.92 Å². The molecule has 2 aromatic rings. The number of hydrogen-bond acceptors (Lipinski definition) is 7. The van der Waals surface area contributed by atoms with Gasteiger partial charge in [0.25, 0.3) is 0 Å². The number of rotatable bonds is 8. The second-order valence-corrected chi connectivity index (χ2v) is 8.87. The lowest BCUT2D eigenvalue weighted by Crippen LogP contribution is -2.42. The molecule has 0 saturated heterocycles. The first-order valence-electron chi connectivity index (χ1n) is 10.5. The molecular weight excluding hydrogens is 384 g/mol. The lowest BCUT2D eigenvalue weighted by Gasteiger charge is -2.29. The molecule has 0 aliphatic heterocycles. The number of anilines is 1. The van der Waals surface area contributed by atoms with Crippen LogP contribution in [0, 0.1) is 5.92 Å². The van der Waals surface area contributed by atoms with Gasteiger partial charge in [-0.3, -0.25) is 4.79 Å². The fraction of sp³-hybridized carbons (Fsp3) is 0.591. The van der Waals surface area contributed by atoms with Crippen LogP contribution in [0.2, 0.25) is 0 Å². The normalized spacial score (nSPS) is 20.7. The van der Waals surface area contributed by atoms with Crippen molar-refractivity contribution >= 4 is 11.6 Å². The van der Waals surface area contributed by atoms with E-state index in [1.807, 2.05) is 24.3 Å². The molecule has 3 rings (SSSR count). The van der Waals surface area contributed by atoms with Gasteiger partial charge in [0.1, 0.15) is 0 Å². The third kappa shape index (κ3) is 6.62. The second-order valence-electron chi connectivity index (χ2n) is 8.87. The Kier molecular flexibility index (Phi) is 7.58. The predicted octanol–water partition coefficient (Wildman–Crippen LogP) is 3.00. The standard InChI is InChI=1S/C22H32N4O4/c1-22(2,3)23-12-16(27)13-29-17-10-8-15(9-11-17)20(28)25-19-7-5-4-6-18(19)21-26-24-14-30-21/h4-7,14-17,23,27H,8-13H2,1-3H3,(H,25,28). The van der Waals surface area contributed by atoms with Crippen LogP contribution >= 0.6 is 0 Å². The maximum atomic E-state index is 12.8. The van der Waals surface area contributed by atoms with Gasteiger partial charge in [-0.05, 0) is 58.6 Å². The van der Waals surface area contributed by atoms with Crippen molar-refractivity contribution in [3.8, 4) is 11.5 Å². The van der Waals surface area contributed by atoms with E-state index in [0.717, 1.165) is 25.7 Å². The van der Waals surface area contributed by atoms with Crippen molar-refractivity contribution in [1.82, 2.24) is 15.5 Å². The van der Waals surface area contributed by atoms with Crippen molar-refractivity contribution in [2.75, 3.05) is 18.5 Å². The van der Waals surface area contributed by atoms with Gasteiger partial charge in [0.15, 0.2) is 0 Å².